The van der Waals surface area contributed by atoms with Crippen molar-refractivity contribution in [2.45, 2.75) is 399 Å². The van der Waals surface area contributed by atoms with E-state index in [2.05, 4.69) is 74.6 Å². The number of unbranched alkanes of at least 4 members (excludes halogenated alkanes) is 50. The van der Waals surface area contributed by atoms with Crippen molar-refractivity contribution in [3.8, 4) is 0 Å². The molecule has 0 saturated carbocycles. The summed E-state index contributed by atoms with van der Waals surface area (Å²) < 4.78 is 34.8. The Bertz CT molecular complexity index is 1720. The second-order valence-electron chi connectivity index (χ2n) is 28.1. The first-order valence-electron chi connectivity index (χ1n) is 39.5. The fourth-order valence-corrected chi connectivity index (χ4v) is 12.6. The average molecular weight is 1300 g/mol. The molecule has 0 aromatic rings. The molecule has 0 bridgehead atoms. The summed E-state index contributed by atoms with van der Waals surface area (Å²) in [5.74, 6) is -0.772. The average Bonchev–Trinajstić information content (AvgIpc) is 3.69. The molecule has 0 fully saturated rings. The third kappa shape index (κ3) is 76.6. The SMILES string of the molecule is CC/C=C\C/C=C\C/C=C\C/C=C\C/C=C\CCCCCCCCCCCCCCCCCCCCCCCCCCCC(=O)OC(COC(=O)CCCCCCCCCCCCCCCCCCCCCCCCCCCC)COP(=O)(O)OCC[N+](C)(C)C. The molecule has 0 aliphatic rings. The van der Waals surface area contributed by atoms with Gasteiger partial charge in [-0.05, 0) is 57.8 Å². The molecule has 0 aromatic heterocycles. The van der Waals surface area contributed by atoms with Crippen LogP contribution in [0.5, 0.6) is 0 Å². The van der Waals surface area contributed by atoms with Gasteiger partial charge in [0.05, 0.1) is 27.7 Å². The van der Waals surface area contributed by atoms with Crippen LogP contribution >= 0.6 is 7.82 Å². The largest absolute Gasteiger partial charge is 0.472 e. The maximum atomic E-state index is 12.9. The molecule has 0 rings (SSSR count). The minimum absolute atomic E-state index is 0.0350. The van der Waals surface area contributed by atoms with E-state index in [-0.39, 0.29) is 25.6 Å². The van der Waals surface area contributed by atoms with Gasteiger partial charge in [0, 0.05) is 12.8 Å². The zero-order valence-electron chi connectivity index (χ0n) is 61.1. The van der Waals surface area contributed by atoms with E-state index in [9.17, 15) is 19.0 Å². The van der Waals surface area contributed by atoms with E-state index in [4.69, 9.17) is 18.5 Å². The highest BCUT2D eigenvalue weighted by Crippen LogP contribution is 2.43. The number of quaternary nitrogens is 1. The Labute approximate surface area is 566 Å². The van der Waals surface area contributed by atoms with Gasteiger partial charge in [0.1, 0.15) is 19.8 Å². The minimum Gasteiger partial charge on any atom is -0.462 e. The second-order valence-corrected chi connectivity index (χ2v) is 29.5. The van der Waals surface area contributed by atoms with E-state index in [0.29, 0.717) is 23.9 Å². The first-order chi connectivity index (χ1) is 44.5. The quantitative estimate of drug-likeness (QED) is 0.0211. The van der Waals surface area contributed by atoms with E-state index in [1.54, 1.807) is 0 Å². The normalized spacial score (nSPS) is 13.3. The van der Waals surface area contributed by atoms with Crippen molar-refractivity contribution < 1.29 is 42.1 Å². The monoisotopic (exact) mass is 1300 g/mol. The van der Waals surface area contributed by atoms with Gasteiger partial charge in [-0.2, -0.15) is 0 Å². The molecule has 534 valence electrons. The predicted octanol–water partition coefficient (Wildman–Crippen LogP) is 26.1. The number of ether oxygens (including phenoxy) is 2. The highest BCUT2D eigenvalue weighted by molar-refractivity contribution is 7.47. The van der Waals surface area contributed by atoms with Gasteiger partial charge in [0.25, 0.3) is 0 Å². The molecule has 0 aliphatic carbocycles. The van der Waals surface area contributed by atoms with Crippen molar-refractivity contribution in [3.63, 3.8) is 0 Å². The van der Waals surface area contributed by atoms with Crippen LogP contribution in [0.25, 0.3) is 0 Å². The summed E-state index contributed by atoms with van der Waals surface area (Å²) in [6, 6.07) is 0. The first-order valence-corrected chi connectivity index (χ1v) is 41.0. The number of carbonyl (C=O) groups is 2. The van der Waals surface area contributed by atoms with Gasteiger partial charge >= 0.3 is 19.8 Å². The van der Waals surface area contributed by atoms with Crippen LogP contribution in [0.3, 0.4) is 0 Å². The van der Waals surface area contributed by atoms with Crippen molar-refractivity contribution >= 4 is 19.8 Å². The minimum atomic E-state index is -4.39. The van der Waals surface area contributed by atoms with Crippen molar-refractivity contribution in [2.75, 3.05) is 47.5 Å². The maximum absolute atomic E-state index is 12.9. The van der Waals surface area contributed by atoms with Crippen LogP contribution in [0.1, 0.15) is 393 Å². The fourth-order valence-electron chi connectivity index (χ4n) is 11.8. The maximum Gasteiger partial charge on any atom is 0.472 e. The van der Waals surface area contributed by atoms with Gasteiger partial charge in [-0.25, -0.2) is 4.57 Å². The lowest BCUT2D eigenvalue weighted by molar-refractivity contribution is -0.870. The molecule has 9 nitrogen and oxygen atoms in total. The van der Waals surface area contributed by atoms with E-state index in [1.807, 2.05) is 21.1 Å². The summed E-state index contributed by atoms with van der Waals surface area (Å²) in [5.41, 5.74) is 0. The molecule has 0 radical (unpaired) electrons. The predicted molar refractivity (Wildman–Crippen MR) is 395 cm³/mol. The molecule has 2 atom stereocenters. The molecule has 91 heavy (non-hydrogen) atoms. The number of hydrogen-bond acceptors (Lipinski definition) is 7. The molecule has 0 aromatic carbocycles. The summed E-state index contributed by atoms with van der Waals surface area (Å²) in [6.07, 6.45) is 96.6. The number of nitrogens with zero attached hydrogens (tertiary/aromatic N) is 1. The van der Waals surface area contributed by atoms with Gasteiger partial charge in [-0.15, -0.1) is 0 Å². The lowest BCUT2D eigenvalue weighted by Crippen LogP contribution is -2.37. The highest BCUT2D eigenvalue weighted by atomic mass is 31.2. The number of rotatable bonds is 74. The van der Waals surface area contributed by atoms with E-state index >= 15 is 0 Å². The van der Waals surface area contributed by atoms with E-state index in [0.717, 1.165) is 64.2 Å². The third-order valence-electron chi connectivity index (χ3n) is 17.8. The van der Waals surface area contributed by atoms with E-state index < -0.39 is 26.5 Å². The van der Waals surface area contributed by atoms with Crippen molar-refractivity contribution in [2.24, 2.45) is 0 Å². The molecular weight excluding hydrogens is 1150 g/mol. The summed E-state index contributed by atoms with van der Waals surface area (Å²) in [6.45, 7) is 4.40. The van der Waals surface area contributed by atoms with Crippen LogP contribution in [0.15, 0.2) is 60.8 Å². The van der Waals surface area contributed by atoms with Gasteiger partial charge in [-0.3, -0.25) is 18.6 Å². The number of allylic oxidation sites excluding steroid dienone is 10. The Kier molecular flexibility index (Phi) is 70.2. The number of phosphoric ester groups is 1. The summed E-state index contributed by atoms with van der Waals surface area (Å²) >= 11 is 0. The second kappa shape index (κ2) is 72.0. The molecule has 0 spiro atoms. The standard InChI is InChI=1S/C81H152NO8P/c1-6-8-10-12-14-16-18-20-22-24-26-28-30-32-34-35-36-37-38-39-40-41-42-43-44-45-46-47-48-50-52-54-56-58-60-62-64-66-68-70-72-74-81(84)90-79(78-89-91(85,86)88-76-75-82(3,4)5)77-87-80(83)73-71-69-67-65-63-61-59-57-55-53-51-49-33-31-29-27-25-23-21-19-17-15-13-11-9-7-2/h8,10,14,16,20,22,26,28,32,34,79H,6-7,9,11-13,15,17-19,21,23-25,27,29-31,33,35-78H2,1-5H3/p+1/b10-8-,16-14-,22-20-,28-26-,34-32-. The van der Waals surface area contributed by atoms with Crippen molar-refractivity contribution in [1.29, 1.82) is 0 Å². The summed E-state index contributed by atoms with van der Waals surface area (Å²) in [5, 5.41) is 0. The smallest absolute Gasteiger partial charge is 0.462 e. The number of phosphoric acid groups is 1. The van der Waals surface area contributed by atoms with Gasteiger partial charge in [-0.1, -0.05) is 383 Å². The van der Waals surface area contributed by atoms with Gasteiger partial charge in [0.2, 0.25) is 0 Å². The summed E-state index contributed by atoms with van der Waals surface area (Å²) in [7, 11) is 1.50. The van der Waals surface area contributed by atoms with Crippen LogP contribution in [-0.2, 0) is 32.7 Å². The third-order valence-corrected chi connectivity index (χ3v) is 18.8. The number of carbonyl (C=O) groups excluding carboxylic acids is 2. The Morgan fingerprint density at radius 2 is 0.626 bits per heavy atom. The lowest BCUT2D eigenvalue weighted by atomic mass is 10.0. The topological polar surface area (TPSA) is 108 Å². The molecule has 0 amide bonds. The Morgan fingerprint density at radius 1 is 0.352 bits per heavy atom. The fraction of sp³-hybridized carbons (Fsp3) is 0.852. The number of likely N-dealkylation sites (N-methyl/N-ethyl adjacent to an activating group) is 1. The Balaban J connectivity index is 3.89. The zero-order chi connectivity index (χ0) is 66.2. The van der Waals surface area contributed by atoms with Crippen LogP contribution in [0.4, 0.5) is 0 Å². The molecule has 0 heterocycles. The molecular formula is C81H153NO8P+. The van der Waals surface area contributed by atoms with Gasteiger partial charge < -0.3 is 18.9 Å². The molecule has 0 saturated heterocycles. The lowest BCUT2D eigenvalue weighted by Gasteiger charge is -2.24. The molecule has 2 unspecified atom stereocenters. The zero-order valence-corrected chi connectivity index (χ0v) is 62.0. The van der Waals surface area contributed by atoms with Crippen molar-refractivity contribution in [3.05, 3.63) is 60.8 Å². The van der Waals surface area contributed by atoms with Crippen LogP contribution in [0, 0.1) is 0 Å². The van der Waals surface area contributed by atoms with Crippen LogP contribution in [-0.4, -0.2) is 74.9 Å². The summed E-state index contributed by atoms with van der Waals surface area (Å²) in [4.78, 5) is 36.0. The molecule has 1 N–H and O–H groups in total. The molecule has 10 heteroatoms. The first kappa shape index (κ1) is 88.7. The number of esters is 2. The highest BCUT2D eigenvalue weighted by Gasteiger charge is 2.27. The van der Waals surface area contributed by atoms with Gasteiger partial charge in [0.15, 0.2) is 6.10 Å². The molecule has 0 aliphatic heterocycles. The number of hydrogen-bond donors (Lipinski definition) is 1. The Morgan fingerprint density at radius 3 is 0.934 bits per heavy atom. The van der Waals surface area contributed by atoms with Crippen LogP contribution in [0.2, 0.25) is 0 Å². The van der Waals surface area contributed by atoms with E-state index in [1.165, 1.54) is 295 Å². The van der Waals surface area contributed by atoms with Crippen molar-refractivity contribution in [1.82, 2.24) is 0 Å². The van der Waals surface area contributed by atoms with Crippen LogP contribution < -0.4 is 0 Å². The Hall–Kier alpha value is -2.29.